The number of ketones is 2. The second-order valence-corrected chi connectivity index (χ2v) is 11.3. The molecular formula is C29H32N2O8. The number of amides is 1. The van der Waals surface area contributed by atoms with Crippen molar-refractivity contribution in [2.45, 2.75) is 62.2 Å². The first-order chi connectivity index (χ1) is 18.3. The number of Topliss-reactive ketones (excluding diaryl/α,β-unsaturated/α-hetero) is 2. The Hall–Kier alpha value is -3.65. The summed E-state index contributed by atoms with van der Waals surface area (Å²) in [5.74, 6) is -0.996. The van der Waals surface area contributed by atoms with Crippen molar-refractivity contribution in [3.05, 3.63) is 51.5 Å². The molecular weight excluding hydrogens is 504 g/mol. The molecule has 1 amide bonds. The molecule has 1 aromatic rings. The van der Waals surface area contributed by atoms with Gasteiger partial charge in [-0.15, -0.1) is 0 Å². The summed E-state index contributed by atoms with van der Waals surface area (Å²) in [6.07, 6.45) is 4.00. The Bertz CT molecular complexity index is 1420. The lowest BCUT2D eigenvalue weighted by molar-refractivity contribution is -0.148. The number of rotatable bonds is 2. The third-order valence-electron chi connectivity index (χ3n) is 8.72. The van der Waals surface area contributed by atoms with Crippen molar-refractivity contribution in [3.63, 3.8) is 0 Å². The molecule has 39 heavy (non-hydrogen) atoms. The number of carbonyl (C=O) groups is 3. The lowest BCUT2D eigenvalue weighted by atomic mass is 9.58. The largest absolute Gasteiger partial charge is 0.510 e. The minimum absolute atomic E-state index is 0.00176. The van der Waals surface area contributed by atoms with Gasteiger partial charge in [0.15, 0.2) is 11.4 Å². The molecule has 10 heteroatoms. The van der Waals surface area contributed by atoms with Crippen molar-refractivity contribution in [2.24, 2.45) is 17.6 Å². The van der Waals surface area contributed by atoms with Crippen LogP contribution in [0.5, 0.6) is 5.75 Å². The monoisotopic (exact) mass is 536 g/mol. The standard InChI is InChI=1S/C29H32N2O8/c1-31(2)22-17-13-15-12-16-14(8-11-28(38)9-4-3-5-10-28)6-7-18(32)20(16)23(33)19(15)25(35)29(17,39)26(36)21(24(22)34)27(30)37/h6-7,15,17,22,32,34-35,38-39H,3-5,9-10,12-13H2,1-2H3,(H2,30,37)/t15-,17-,22-,29-/m1/s1. The first-order valence-corrected chi connectivity index (χ1v) is 13.1. The van der Waals surface area contributed by atoms with E-state index >= 15 is 0 Å². The van der Waals surface area contributed by atoms with Crippen molar-refractivity contribution in [3.8, 4) is 17.6 Å². The molecule has 1 saturated carbocycles. The molecule has 4 atom stereocenters. The number of hydrogen-bond donors (Lipinski definition) is 6. The number of phenolic OH excluding ortho intramolecular Hbond substituents is 1. The van der Waals surface area contributed by atoms with E-state index in [1.54, 1.807) is 20.2 Å². The molecule has 0 radical (unpaired) electrons. The van der Waals surface area contributed by atoms with Crippen LogP contribution < -0.4 is 5.73 Å². The number of phenols is 1. The van der Waals surface area contributed by atoms with Gasteiger partial charge >= 0.3 is 0 Å². The summed E-state index contributed by atoms with van der Waals surface area (Å²) < 4.78 is 0. The SMILES string of the molecule is CN(C)[C@H]1C(O)=C(C(N)=O)C(=O)[C@]2(O)C(O)=C3C(=O)c4c(O)ccc(C#CC5(O)CCCCC5)c4C[C@@H]3C[C@H]12. The lowest BCUT2D eigenvalue weighted by Gasteiger charge is -2.50. The van der Waals surface area contributed by atoms with Crippen molar-refractivity contribution < 1.29 is 39.9 Å². The van der Waals surface area contributed by atoms with Gasteiger partial charge in [-0.2, -0.15) is 0 Å². The van der Waals surface area contributed by atoms with Crippen LogP contribution in [-0.2, 0) is 16.0 Å². The molecule has 4 aliphatic rings. The lowest BCUT2D eigenvalue weighted by Crippen LogP contribution is -2.63. The van der Waals surface area contributed by atoms with Crippen LogP contribution in [0.2, 0.25) is 0 Å². The van der Waals surface area contributed by atoms with Gasteiger partial charge in [0.2, 0.25) is 5.78 Å². The Morgan fingerprint density at radius 1 is 1.08 bits per heavy atom. The van der Waals surface area contributed by atoms with Crippen molar-refractivity contribution in [1.29, 1.82) is 0 Å². The van der Waals surface area contributed by atoms with E-state index in [4.69, 9.17) is 5.73 Å². The molecule has 0 unspecified atom stereocenters. The van der Waals surface area contributed by atoms with Crippen LogP contribution in [0.3, 0.4) is 0 Å². The maximum atomic E-state index is 13.8. The molecule has 0 aromatic heterocycles. The molecule has 10 nitrogen and oxygen atoms in total. The Kier molecular flexibility index (Phi) is 6.37. The van der Waals surface area contributed by atoms with E-state index in [1.807, 2.05) is 0 Å². The molecule has 206 valence electrons. The molecule has 0 spiro atoms. The Labute approximate surface area is 225 Å². The highest BCUT2D eigenvalue weighted by Crippen LogP contribution is 2.52. The van der Waals surface area contributed by atoms with Crippen molar-refractivity contribution >= 4 is 17.5 Å². The van der Waals surface area contributed by atoms with Gasteiger partial charge in [-0.05, 0) is 76.2 Å². The fourth-order valence-electron chi connectivity index (χ4n) is 6.81. The van der Waals surface area contributed by atoms with Crippen LogP contribution in [0.1, 0.15) is 60.0 Å². The van der Waals surface area contributed by atoms with E-state index < -0.39 is 63.6 Å². The molecule has 0 saturated heterocycles. The molecule has 7 N–H and O–H groups in total. The molecule has 1 aromatic carbocycles. The van der Waals surface area contributed by atoms with Crippen LogP contribution in [-0.4, -0.2) is 79.2 Å². The summed E-state index contributed by atoms with van der Waals surface area (Å²) in [5, 5.41) is 55.4. The van der Waals surface area contributed by atoms with E-state index in [1.165, 1.54) is 11.0 Å². The number of hydrogen-bond acceptors (Lipinski definition) is 9. The minimum atomic E-state index is -2.68. The van der Waals surface area contributed by atoms with Gasteiger partial charge in [-0.25, -0.2) is 0 Å². The highest BCUT2D eigenvalue weighted by atomic mass is 16.3. The molecule has 1 fully saturated rings. The minimum Gasteiger partial charge on any atom is -0.510 e. The Balaban J connectivity index is 1.65. The second kappa shape index (κ2) is 9.23. The summed E-state index contributed by atoms with van der Waals surface area (Å²) in [4.78, 5) is 40.7. The Morgan fingerprint density at radius 2 is 1.74 bits per heavy atom. The number of aromatic hydroxyl groups is 1. The maximum absolute atomic E-state index is 13.8. The number of carbonyl (C=O) groups excluding carboxylic acids is 3. The molecule has 4 aliphatic carbocycles. The number of likely N-dealkylation sites (N-methyl/N-ethyl adjacent to an activating group) is 1. The first kappa shape index (κ1) is 26.9. The normalized spacial score (nSPS) is 29.8. The van der Waals surface area contributed by atoms with Gasteiger partial charge < -0.3 is 31.3 Å². The summed E-state index contributed by atoms with van der Waals surface area (Å²) in [7, 11) is 3.16. The zero-order chi connectivity index (χ0) is 28.4. The van der Waals surface area contributed by atoms with Gasteiger partial charge in [0.25, 0.3) is 5.91 Å². The molecule has 0 aliphatic heterocycles. The fourth-order valence-corrected chi connectivity index (χ4v) is 6.81. The number of allylic oxidation sites excluding steroid dienone is 1. The van der Waals surface area contributed by atoms with Crippen molar-refractivity contribution in [1.82, 2.24) is 4.90 Å². The van der Waals surface area contributed by atoms with E-state index in [9.17, 15) is 39.9 Å². The summed E-state index contributed by atoms with van der Waals surface area (Å²) in [5.41, 5.74) is 1.28. The van der Waals surface area contributed by atoms with Crippen molar-refractivity contribution in [2.75, 3.05) is 14.1 Å². The fraction of sp³-hybridized carbons (Fsp3) is 0.483. The van der Waals surface area contributed by atoms with E-state index in [2.05, 4.69) is 11.8 Å². The quantitative estimate of drug-likeness (QED) is 0.239. The van der Waals surface area contributed by atoms with E-state index in [0.29, 0.717) is 24.0 Å². The summed E-state index contributed by atoms with van der Waals surface area (Å²) in [6, 6.07) is 1.83. The molecule has 5 rings (SSSR count). The molecule has 0 heterocycles. The predicted molar refractivity (Wildman–Crippen MR) is 139 cm³/mol. The molecule has 0 bridgehead atoms. The Morgan fingerprint density at radius 3 is 2.36 bits per heavy atom. The van der Waals surface area contributed by atoms with Crippen LogP contribution in [0, 0.1) is 23.7 Å². The van der Waals surface area contributed by atoms with Crippen LogP contribution in [0.25, 0.3) is 0 Å². The average Bonchev–Trinajstić information content (AvgIpc) is 2.86. The van der Waals surface area contributed by atoms with Gasteiger partial charge in [-0.1, -0.05) is 18.3 Å². The third-order valence-corrected chi connectivity index (χ3v) is 8.72. The van der Waals surface area contributed by atoms with Gasteiger partial charge in [-0.3, -0.25) is 19.3 Å². The van der Waals surface area contributed by atoms with Crippen LogP contribution >= 0.6 is 0 Å². The van der Waals surface area contributed by atoms with E-state index in [0.717, 1.165) is 19.3 Å². The topological polar surface area (TPSA) is 182 Å². The third kappa shape index (κ3) is 3.95. The van der Waals surface area contributed by atoms with Gasteiger partial charge in [0, 0.05) is 17.1 Å². The number of primary amides is 1. The summed E-state index contributed by atoms with van der Waals surface area (Å²) in [6.45, 7) is 0. The second-order valence-electron chi connectivity index (χ2n) is 11.3. The highest BCUT2D eigenvalue weighted by molar-refractivity contribution is 6.24. The number of aliphatic hydroxyl groups is 4. The first-order valence-electron chi connectivity index (χ1n) is 13.1. The zero-order valence-corrected chi connectivity index (χ0v) is 21.8. The predicted octanol–water partition coefficient (Wildman–Crippen LogP) is 1.17. The average molecular weight is 537 g/mol. The van der Waals surface area contributed by atoms with Crippen LogP contribution in [0.4, 0.5) is 0 Å². The van der Waals surface area contributed by atoms with Gasteiger partial charge in [0.1, 0.15) is 28.4 Å². The smallest absolute Gasteiger partial charge is 0.255 e. The number of nitrogens with two attached hydrogens (primary N) is 1. The number of fused-ring (bicyclic) bond motifs is 3. The van der Waals surface area contributed by atoms with Gasteiger partial charge in [0.05, 0.1) is 11.6 Å². The highest BCUT2D eigenvalue weighted by Gasteiger charge is 2.63. The summed E-state index contributed by atoms with van der Waals surface area (Å²) >= 11 is 0. The van der Waals surface area contributed by atoms with E-state index in [-0.39, 0.29) is 29.7 Å². The maximum Gasteiger partial charge on any atom is 0.255 e. The van der Waals surface area contributed by atoms with Crippen LogP contribution in [0.15, 0.2) is 34.8 Å². The number of nitrogens with zero attached hydrogens (tertiary/aromatic N) is 1. The zero-order valence-electron chi connectivity index (χ0n) is 21.8. The number of benzene rings is 1. The number of aliphatic hydroxyl groups excluding tert-OH is 2.